The Morgan fingerprint density at radius 1 is 1.03 bits per heavy atom. The molecule has 200 valence electrons. The zero-order chi connectivity index (χ0) is 27.5. The Kier molecular flexibility index (Phi) is 8.16. The van der Waals surface area contributed by atoms with E-state index in [1.54, 1.807) is 42.6 Å². The minimum absolute atomic E-state index is 0.0550. The van der Waals surface area contributed by atoms with Gasteiger partial charge in [0.25, 0.3) is 5.91 Å². The van der Waals surface area contributed by atoms with Crippen LogP contribution < -0.4 is 10.7 Å². The summed E-state index contributed by atoms with van der Waals surface area (Å²) in [4.78, 5) is 47.4. The van der Waals surface area contributed by atoms with Gasteiger partial charge in [0.2, 0.25) is 5.43 Å². The number of esters is 1. The number of halogens is 3. The third kappa shape index (κ3) is 5.78. The Bertz CT molecular complexity index is 1580. The van der Waals surface area contributed by atoms with Crippen LogP contribution in [0.5, 0.6) is 0 Å². The van der Waals surface area contributed by atoms with Crippen LogP contribution in [0, 0.1) is 0 Å². The van der Waals surface area contributed by atoms with Crippen LogP contribution in [0.15, 0.2) is 66.0 Å². The molecule has 11 heteroatoms. The van der Waals surface area contributed by atoms with Crippen LogP contribution in [0.1, 0.15) is 58.0 Å². The molecule has 0 unspecified atom stereocenters. The molecule has 3 heterocycles. The fourth-order valence-corrected chi connectivity index (χ4v) is 5.36. The van der Waals surface area contributed by atoms with Crippen LogP contribution in [0.4, 0.5) is 5.69 Å². The van der Waals surface area contributed by atoms with Crippen molar-refractivity contribution in [3.8, 4) is 0 Å². The molecule has 1 aliphatic rings. The first-order valence-electron chi connectivity index (χ1n) is 12.3. The largest absolute Gasteiger partial charge is 0.459 e. The average Bonchev–Trinajstić information content (AvgIpc) is 2.96. The fraction of sp³-hybridized carbons (Fsp3) is 0.250. The number of aromatic nitrogens is 3. The van der Waals surface area contributed by atoms with Gasteiger partial charge in [-0.3, -0.25) is 14.6 Å². The van der Waals surface area contributed by atoms with Gasteiger partial charge in [0, 0.05) is 36.7 Å². The summed E-state index contributed by atoms with van der Waals surface area (Å²) in [6, 6.07) is 10.3. The van der Waals surface area contributed by atoms with Gasteiger partial charge in [-0.2, -0.15) is 0 Å². The fourth-order valence-electron chi connectivity index (χ4n) is 4.73. The van der Waals surface area contributed by atoms with Crippen molar-refractivity contribution < 1.29 is 14.3 Å². The number of amides is 1. The van der Waals surface area contributed by atoms with E-state index in [2.05, 4.69) is 15.3 Å². The maximum Gasteiger partial charge on any atom is 0.338 e. The highest BCUT2D eigenvalue weighted by Gasteiger charge is 2.28. The van der Waals surface area contributed by atoms with E-state index >= 15 is 0 Å². The van der Waals surface area contributed by atoms with Crippen molar-refractivity contribution in [3.63, 3.8) is 0 Å². The number of pyridine rings is 3. The third-order valence-electron chi connectivity index (χ3n) is 6.78. The summed E-state index contributed by atoms with van der Waals surface area (Å²) in [6.07, 6.45) is 8.20. The molecule has 3 aromatic heterocycles. The summed E-state index contributed by atoms with van der Waals surface area (Å²) in [5.74, 6) is -0.637. The van der Waals surface area contributed by atoms with Gasteiger partial charge < -0.3 is 14.6 Å². The SMILES string of the molecule is O=C(OC1CCC(n2cc(C(=O)Nc3c(Cl)cncc3Cl)c(=O)c3cccnc32)CC1)c1ccc(CCl)cc1. The van der Waals surface area contributed by atoms with Crippen molar-refractivity contribution in [3.05, 3.63) is 98.1 Å². The van der Waals surface area contributed by atoms with Crippen LogP contribution >= 0.6 is 34.8 Å². The molecule has 0 saturated heterocycles. The maximum atomic E-state index is 13.3. The zero-order valence-corrected chi connectivity index (χ0v) is 22.8. The molecule has 4 aromatic rings. The minimum atomic E-state index is -0.641. The molecule has 1 fully saturated rings. The molecule has 1 aliphatic carbocycles. The molecule has 1 saturated carbocycles. The highest BCUT2D eigenvalue weighted by molar-refractivity contribution is 6.39. The molecule has 1 amide bonds. The van der Waals surface area contributed by atoms with Gasteiger partial charge in [0.1, 0.15) is 17.3 Å². The Hall–Kier alpha value is -3.46. The average molecular weight is 586 g/mol. The lowest BCUT2D eigenvalue weighted by Crippen LogP contribution is -2.29. The molecule has 0 aliphatic heterocycles. The summed E-state index contributed by atoms with van der Waals surface area (Å²) in [7, 11) is 0. The number of hydrogen-bond acceptors (Lipinski definition) is 6. The maximum absolute atomic E-state index is 13.3. The number of nitrogens with zero attached hydrogens (tertiary/aromatic N) is 3. The van der Waals surface area contributed by atoms with Crippen LogP contribution in [-0.4, -0.2) is 32.5 Å². The van der Waals surface area contributed by atoms with E-state index in [-0.39, 0.29) is 39.4 Å². The predicted octanol–water partition coefficient (Wildman–Crippen LogP) is 6.43. The highest BCUT2D eigenvalue weighted by atomic mass is 35.5. The van der Waals surface area contributed by atoms with Crippen molar-refractivity contribution in [1.82, 2.24) is 14.5 Å². The van der Waals surface area contributed by atoms with Gasteiger partial charge >= 0.3 is 5.97 Å². The van der Waals surface area contributed by atoms with E-state index in [4.69, 9.17) is 39.5 Å². The molecule has 1 aromatic carbocycles. The van der Waals surface area contributed by atoms with Crippen LogP contribution in [0.2, 0.25) is 10.0 Å². The van der Waals surface area contributed by atoms with E-state index in [1.165, 1.54) is 18.6 Å². The lowest BCUT2D eigenvalue weighted by Gasteiger charge is -2.30. The normalized spacial score (nSPS) is 17.1. The topological polar surface area (TPSA) is 103 Å². The summed E-state index contributed by atoms with van der Waals surface area (Å²) in [5, 5.41) is 3.27. The zero-order valence-electron chi connectivity index (χ0n) is 20.6. The predicted molar refractivity (Wildman–Crippen MR) is 151 cm³/mol. The monoisotopic (exact) mass is 584 g/mol. The number of nitrogens with one attached hydrogen (secondary N) is 1. The van der Waals surface area contributed by atoms with Gasteiger partial charge in [-0.15, -0.1) is 11.6 Å². The first kappa shape index (κ1) is 27.1. The Balaban J connectivity index is 1.36. The molecule has 39 heavy (non-hydrogen) atoms. The van der Waals surface area contributed by atoms with E-state index < -0.39 is 11.3 Å². The van der Waals surface area contributed by atoms with E-state index in [0.717, 1.165) is 5.56 Å². The Labute approximate surface area is 238 Å². The lowest BCUT2D eigenvalue weighted by atomic mass is 9.92. The quantitative estimate of drug-likeness (QED) is 0.207. The standard InChI is InChI=1S/C28H23Cl3N4O4/c29-12-16-3-5-17(6-4-16)28(38)39-19-9-7-18(8-10-19)35-15-21(25(36)20-2-1-11-33-26(20)35)27(37)34-24-22(30)13-32-14-23(24)31/h1-6,11,13-15,18-19H,7-10,12H2,(H,32,34,37). The molecule has 0 radical (unpaired) electrons. The number of ether oxygens (including phenoxy) is 1. The number of hydrogen-bond donors (Lipinski definition) is 1. The first-order chi connectivity index (χ1) is 18.9. The molecule has 5 rings (SSSR count). The van der Waals surface area contributed by atoms with Crippen LogP contribution in [-0.2, 0) is 10.6 Å². The number of benzene rings is 1. The lowest BCUT2D eigenvalue weighted by molar-refractivity contribution is 0.0173. The second-order valence-corrected chi connectivity index (χ2v) is 10.3. The van der Waals surface area contributed by atoms with Crippen LogP contribution in [0.3, 0.4) is 0 Å². The summed E-state index contributed by atoms with van der Waals surface area (Å²) >= 11 is 18.1. The second-order valence-electron chi connectivity index (χ2n) is 9.25. The van der Waals surface area contributed by atoms with Crippen molar-refractivity contribution >= 4 is 63.4 Å². The first-order valence-corrected chi connectivity index (χ1v) is 13.6. The molecular formula is C28H23Cl3N4O4. The molecule has 1 N–H and O–H groups in total. The van der Waals surface area contributed by atoms with E-state index in [0.29, 0.717) is 48.2 Å². The summed E-state index contributed by atoms with van der Waals surface area (Å²) in [5.41, 5.74) is 1.56. The van der Waals surface area contributed by atoms with Crippen molar-refractivity contribution in [2.24, 2.45) is 0 Å². The van der Waals surface area contributed by atoms with Gasteiger partial charge in [-0.25, -0.2) is 9.78 Å². The van der Waals surface area contributed by atoms with E-state index in [1.807, 2.05) is 4.57 Å². The molecule has 0 atom stereocenters. The third-order valence-corrected chi connectivity index (χ3v) is 7.66. The summed E-state index contributed by atoms with van der Waals surface area (Å²) < 4.78 is 7.62. The van der Waals surface area contributed by atoms with E-state index in [9.17, 15) is 14.4 Å². The molecule has 0 spiro atoms. The number of alkyl halides is 1. The Morgan fingerprint density at radius 2 is 1.72 bits per heavy atom. The van der Waals surface area contributed by atoms with Crippen LogP contribution in [0.25, 0.3) is 11.0 Å². The van der Waals surface area contributed by atoms with Gasteiger partial charge in [0.15, 0.2) is 0 Å². The molecular weight excluding hydrogens is 563 g/mol. The van der Waals surface area contributed by atoms with Gasteiger partial charge in [0.05, 0.1) is 26.7 Å². The van der Waals surface area contributed by atoms with Gasteiger partial charge in [-0.05, 0) is 55.5 Å². The molecule has 0 bridgehead atoms. The summed E-state index contributed by atoms with van der Waals surface area (Å²) in [6.45, 7) is 0. The number of fused-ring (bicyclic) bond motifs is 1. The highest BCUT2D eigenvalue weighted by Crippen LogP contribution is 2.33. The number of carbonyl (C=O) groups excluding carboxylic acids is 2. The molecule has 8 nitrogen and oxygen atoms in total. The smallest absolute Gasteiger partial charge is 0.338 e. The van der Waals surface area contributed by atoms with Crippen molar-refractivity contribution in [1.29, 1.82) is 0 Å². The Morgan fingerprint density at radius 3 is 2.38 bits per heavy atom. The van der Waals surface area contributed by atoms with Gasteiger partial charge in [-0.1, -0.05) is 35.3 Å². The minimum Gasteiger partial charge on any atom is -0.459 e. The number of rotatable bonds is 6. The van der Waals surface area contributed by atoms with Crippen molar-refractivity contribution in [2.45, 2.75) is 43.7 Å². The second kappa shape index (κ2) is 11.7. The number of anilines is 1. The number of carbonyl (C=O) groups is 2. The van der Waals surface area contributed by atoms with Crippen molar-refractivity contribution in [2.75, 3.05) is 5.32 Å².